The first kappa shape index (κ1) is 22.1. The highest BCUT2D eigenvalue weighted by atomic mass is 16.5. The molecule has 5 heteroatoms. The highest BCUT2D eigenvalue weighted by molar-refractivity contribution is 5.83. The van der Waals surface area contributed by atoms with Crippen molar-refractivity contribution in [3.8, 4) is 11.5 Å². The maximum Gasteiger partial charge on any atom is 0.277 e. The molecule has 0 atom stereocenters. The van der Waals surface area contributed by atoms with E-state index in [-0.39, 0.29) is 12.5 Å². The van der Waals surface area contributed by atoms with Gasteiger partial charge in [-0.3, -0.25) is 4.79 Å². The standard InChI is InChI=1S/C26H28N2O3/c1-2-3-7-21-10-14-25(15-11-21)31-20-26(29)28-27-18-22-12-16-24(17-13-22)30-19-23-8-5-4-6-9-23/h4-6,8-18H,2-3,7,19-20H2,1H3,(H,28,29)/b27-18-. The molecule has 0 saturated heterocycles. The summed E-state index contributed by atoms with van der Waals surface area (Å²) in [6.07, 6.45) is 4.99. The Hall–Kier alpha value is -3.60. The molecule has 0 saturated carbocycles. The van der Waals surface area contributed by atoms with E-state index in [1.807, 2.05) is 78.9 Å². The van der Waals surface area contributed by atoms with Crippen LogP contribution in [0.1, 0.15) is 36.5 Å². The molecule has 0 aliphatic rings. The zero-order valence-corrected chi connectivity index (χ0v) is 17.8. The first-order chi connectivity index (χ1) is 15.2. The highest BCUT2D eigenvalue weighted by Gasteiger charge is 2.02. The van der Waals surface area contributed by atoms with E-state index >= 15 is 0 Å². The quantitative estimate of drug-likeness (QED) is 0.348. The zero-order chi connectivity index (χ0) is 21.7. The van der Waals surface area contributed by atoms with Crippen LogP contribution in [0.3, 0.4) is 0 Å². The Bertz CT molecular complexity index is 952. The SMILES string of the molecule is CCCCc1ccc(OCC(=O)N/N=C\c2ccc(OCc3ccccc3)cc2)cc1. The fourth-order valence-corrected chi connectivity index (χ4v) is 2.88. The van der Waals surface area contributed by atoms with Gasteiger partial charge in [-0.05, 0) is 65.9 Å². The number of hydrogen-bond acceptors (Lipinski definition) is 4. The summed E-state index contributed by atoms with van der Waals surface area (Å²) in [6, 6.07) is 25.4. The third kappa shape index (κ3) is 7.97. The molecule has 0 fully saturated rings. The molecule has 160 valence electrons. The number of benzene rings is 3. The lowest BCUT2D eigenvalue weighted by Crippen LogP contribution is -2.24. The van der Waals surface area contributed by atoms with E-state index in [0.29, 0.717) is 12.4 Å². The average Bonchev–Trinajstić information content (AvgIpc) is 2.82. The topological polar surface area (TPSA) is 59.9 Å². The predicted molar refractivity (Wildman–Crippen MR) is 124 cm³/mol. The van der Waals surface area contributed by atoms with Gasteiger partial charge in [-0.25, -0.2) is 5.43 Å². The van der Waals surface area contributed by atoms with E-state index in [1.165, 1.54) is 18.4 Å². The number of ether oxygens (including phenoxy) is 2. The van der Waals surface area contributed by atoms with Gasteiger partial charge < -0.3 is 9.47 Å². The molecular weight excluding hydrogens is 388 g/mol. The van der Waals surface area contributed by atoms with E-state index in [4.69, 9.17) is 9.47 Å². The molecule has 0 heterocycles. The monoisotopic (exact) mass is 416 g/mol. The minimum atomic E-state index is -0.311. The number of nitrogens with zero attached hydrogens (tertiary/aromatic N) is 1. The molecule has 0 radical (unpaired) electrons. The fraction of sp³-hybridized carbons (Fsp3) is 0.231. The molecular formula is C26H28N2O3. The van der Waals surface area contributed by atoms with E-state index in [1.54, 1.807) is 6.21 Å². The van der Waals surface area contributed by atoms with Crippen LogP contribution in [0.4, 0.5) is 0 Å². The Labute approximate surface area is 183 Å². The molecule has 0 unspecified atom stereocenters. The molecule has 0 aromatic heterocycles. The van der Waals surface area contributed by atoms with Crippen LogP contribution in [0.25, 0.3) is 0 Å². The molecule has 0 spiro atoms. The Morgan fingerprint density at radius 1 is 0.871 bits per heavy atom. The van der Waals surface area contributed by atoms with Gasteiger partial charge in [-0.15, -0.1) is 0 Å². The number of carbonyl (C=O) groups is 1. The van der Waals surface area contributed by atoms with Crippen LogP contribution < -0.4 is 14.9 Å². The molecule has 1 N–H and O–H groups in total. The van der Waals surface area contributed by atoms with Crippen molar-refractivity contribution >= 4 is 12.1 Å². The van der Waals surface area contributed by atoms with Crippen molar-refractivity contribution in [2.45, 2.75) is 32.8 Å². The number of hydrogen-bond donors (Lipinski definition) is 1. The van der Waals surface area contributed by atoms with E-state index < -0.39 is 0 Å². The first-order valence-corrected chi connectivity index (χ1v) is 10.5. The molecule has 0 bridgehead atoms. The van der Waals surface area contributed by atoms with Crippen molar-refractivity contribution in [2.24, 2.45) is 5.10 Å². The molecule has 3 rings (SSSR count). The Morgan fingerprint density at radius 3 is 2.26 bits per heavy atom. The lowest BCUT2D eigenvalue weighted by Gasteiger charge is -2.07. The first-order valence-electron chi connectivity index (χ1n) is 10.5. The third-order valence-electron chi connectivity index (χ3n) is 4.64. The van der Waals surface area contributed by atoms with Gasteiger partial charge in [0.2, 0.25) is 0 Å². The normalized spacial score (nSPS) is 10.7. The molecule has 3 aromatic rings. The Kier molecular flexibility index (Phi) is 8.68. The number of aryl methyl sites for hydroxylation is 1. The highest BCUT2D eigenvalue weighted by Crippen LogP contribution is 2.14. The molecule has 31 heavy (non-hydrogen) atoms. The largest absolute Gasteiger partial charge is 0.489 e. The Balaban J connectivity index is 1.38. The van der Waals surface area contributed by atoms with Gasteiger partial charge in [-0.1, -0.05) is 55.8 Å². The number of unbranched alkanes of at least 4 members (excludes halogenated alkanes) is 1. The molecule has 3 aromatic carbocycles. The van der Waals surface area contributed by atoms with Crippen LogP contribution in [0.15, 0.2) is 84.0 Å². The molecule has 5 nitrogen and oxygen atoms in total. The van der Waals surface area contributed by atoms with Crippen LogP contribution in [-0.4, -0.2) is 18.7 Å². The molecule has 1 amide bonds. The van der Waals surface area contributed by atoms with Gasteiger partial charge in [0.25, 0.3) is 5.91 Å². The molecule has 0 aliphatic carbocycles. The average molecular weight is 417 g/mol. The predicted octanol–water partition coefficient (Wildman–Crippen LogP) is 5.14. The third-order valence-corrected chi connectivity index (χ3v) is 4.64. The molecule has 0 aliphatic heterocycles. The van der Waals surface area contributed by atoms with Gasteiger partial charge >= 0.3 is 0 Å². The van der Waals surface area contributed by atoms with Gasteiger partial charge in [0.15, 0.2) is 6.61 Å². The van der Waals surface area contributed by atoms with Crippen molar-refractivity contribution in [1.82, 2.24) is 5.43 Å². The minimum absolute atomic E-state index is 0.0854. The number of amides is 1. The van der Waals surface area contributed by atoms with Gasteiger partial charge in [0, 0.05) is 0 Å². The summed E-state index contributed by atoms with van der Waals surface area (Å²) in [7, 11) is 0. The number of carbonyl (C=O) groups excluding carboxylic acids is 1. The van der Waals surface area contributed by atoms with E-state index in [0.717, 1.165) is 23.3 Å². The van der Waals surface area contributed by atoms with Crippen LogP contribution in [0.5, 0.6) is 11.5 Å². The number of hydrazone groups is 1. The number of nitrogens with one attached hydrogen (secondary N) is 1. The Morgan fingerprint density at radius 2 is 1.55 bits per heavy atom. The lowest BCUT2D eigenvalue weighted by molar-refractivity contribution is -0.123. The summed E-state index contributed by atoms with van der Waals surface area (Å²) in [6.45, 7) is 2.61. The summed E-state index contributed by atoms with van der Waals surface area (Å²) in [5, 5.41) is 3.98. The second-order valence-corrected chi connectivity index (χ2v) is 7.17. The van der Waals surface area contributed by atoms with Crippen LogP contribution in [0, 0.1) is 0 Å². The van der Waals surface area contributed by atoms with E-state index in [2.05, 4.69) is 17.5 Å². The summed E-state index contributed by atoms with van der Waals surface area (Å²) in [5.74, 6) is 1.14. The van der Waals surface area contributed by atoms with Crippen LogP contribution >= 0.6 is 0 Å². The summed E-state index contributed by atoms with van der Waals surface area (Å²) < 4.78 is 11.3. The van der Waals surface area contributed by atoms with Crippen molar-refractivity contribution in [3.63, 3.8) is 0 Å². The second kappa shape index (κ2) is 12.2. The van der Waals surface area contributed by atoms with Gasteiger partial charge in [0.05, 0.1) is 6.21 Å². The number of rotatable bonds is 11. The minimum Gasteiger partial charge on any atom is -0.489 e. The zero-order valence-electron chi connectivity index (χ0n) is 17.8. The van der Waals surface area contributed by atoms with Crippen molar-refractivity contribution in [1.29, 1.82) is 0 Å². The second-order valence-electron chi connectivity index (χ2n) is 7.17. The fourth-order valence-electron chi connectivity index (χ4n) is 2.88. The summed E-state index contributed by atoms with van der Waals surface area (Å²) in [4.78, 5) is 11.9. The van der Waals surface area contributed by atoms with Crippen molar-refractivity contribution in [3.05, 3.63) is 95.6 Å². The maximum atomic E-state index is 11.9. The van der Waals surface area contributed by atoms with Crippen LogP contribution in [-0.2, 0) is 17.8 Å². The van der Waals surface area contributed by atoms with Gasteiger partial charge in [0.1, 0.15) is 18.1 Å². The lowest BCUT2D eigenvalue weighted by atomic mass is 10.1. The summed E-state index contributed by atoms with van der Waals surface area (Å²) in [5.41, 5.74) is 5.73. The smallest absolute Gasteiger partial charge is 0.277 e. The van der Waals surface area contributed by atoms with Gasteiger partial charge in [-0.2, -0.15) is 5.10 Å². The van der Waals surface area contributed by atoms with E-state index in [9.17, 15) is 4.79 Å². The maximum absolute atomic E-state index is 11.9. The van der Waals surface area contributed by atoms with Crippen molar-refractivity contribution < 1.29 is 14.3 Å². The van der Waals surface area contributed by atoms with Crippen molar-refractivity contribution in [2.75, 3.05) is 6.61 Å². The van der Waals surface area contributed by atoms with Crippen LogP contribution in [0.2, 0.25) is 0 Å². The summed E-state index contributed by atoms with van der Waals surface area (Å²) >= 11 is 0.